The third-order valence-corrected chi connectivity index (χ3v) is 6.86. The number of hydrogen-bond acceptors (Lipinski definition) is 9. The summed E-state index contributed by atoms with van der Waals surface area (Å²) in [5.74, 6) is 0.741. The SMILES string of the molecule is O[C@@H]1CO[C@H]2[C@@H]1OC[C@H]2Oc1nc2nc(-c3ccc(-c4ccc(-n5cnnc5)nc4)cc3)c(Cl)cc2[nH]1. The lowest BCUT2D eigenvalue weighted by Crippen LogP contribution is -2.34. The van der Waals surface area contributed by atoms with E-state index in [0.717, 1.165) is 22.5 Å². The van der Waals surface area contributed by atoms with Crippen LogP contribution in [0, 0.1) is 0 Å². The van der Waals surface area contributed by atoms with Gasteiger partial charge in [-0.3, -0.25) is 4.57 Å². The Labute approximate surface area is 215 Å². The van der Waals surface area contributed by atoms with Crippen LogP contribution in [0.4, 0.5) is 0 Å². The van der Waals surface area contributed by atoms with E-state index in [1.54, 1.807) is 23.3 Å². The lowest BCUT2D eigenvalue weighted by Gasteiger charge is -2.15. The van der Waals surface area contributed by atoms with Crippen molar-refractivity contribution in [3.05, 3.63) is 66.3 Å². The van der Waals surface area contributed by atoms with Crippen molar-refractivity contribution in [2.24, 2.45) is 0 Å². The zero-order valence-corrected chi connectivity index (χ0v) is 20.0. The summed E-state index contributed by atoms with van der Waals surface area (Å²) in [6, 6.07) is 13.9. The second-order valence-electron chi connectivity index (χ2n) is 8.90. The van der Waals surface area contributed by atoms with E-state index in [-0.39, 0.29) is 24.9 Å². The van der Waals surface area contributed by atoms with E-state index in [0.29, 0.717) is 34.5 Å². The number of aromatic amines is 1. The number of ether oxygens (including phenoxy) is 3. The summed E-state index contributed by atoms with van der Waals surface area (Å²) in [6.45, 7) is 0.550. The van der Waals surface area contributed by atoms with Gasteiger partial charge >= 0.3 is 0 Å². The molecular formula is C25H20ClN7O4. The summed E-state index contributed by atoms with van der Waals surface area (Å²) in [5.41, 5.74) is 4.60. The molecule has 0 aliphatic carbocycles. The summed E-state index contributed by atoms with van der Waals surface area (Å²) in [5, 5.41) is 18.0. The van der Waals surface area contributed by atoms with E-state index in [9.17, 15) is 5.11 Å². The van der Waals surface area contributed by atoms with Gasteiger partial charge in [0, 0.05) is 17.3 Å². The second-order valence-corrected chi connectivity index (χ2v) is 9.31. The predicted octanol–water partition coefficient (Wildman–Crippen LogP) is 2.83. The van der Waals surface area contributed by atoms with Crippen molar-refractivity contribution in [2.45, 2.75) is 24.4 Å². The number of aliphatic hydroxyl groups is 1. The van der Waals surface area contributed by atoms with Crippen LogP contribution in [0.25, 0.3) is 39.4 Å². The van der Waals surface area contributed by atoms with Gasteiger partial charge in [0.05, 0.1) is 29.4 Å². The third-order valence-electron chi connectivity index (χ3n) is 6.57. The quantitative estimate of drug-likeness (QED) is 0.361. The van der Waals surface area contributed by atoms with Gasteiger partial charge in [-0.1, -0.05) is 35.9 Å². The van der Waals surface area contributed by atoms with E-state index in [4.69, 9.17) is 25.8 Å². The fourth-order valence-electron chi connectivity index (χ4n) is 4.69. The number of aromatic nitrogens is 7. The van der Waals surface area contributed by atoms with Crippen LogP contribution in [-0.4, -0.2) is 77.4 Å². The number of fused-ring (bicyclic) bond motifs is 2. The molecule has 2 aliphatic heterocycles. The van der Waals surface area contributed by atoms with Crippen LogP contribution < -0.4 is 4.74 Å². The Morgan fingerprint density at radius 3 is 2.49 bits per heavy atom. The van der Waals surface area contributed by atoms with Crippen LogP contribution >= 0.6 is 11.6 Å². The number of imidazole rings is 1. The number of nitrogens with zero attached hydrogens (tertiary/aromatic N) is 6. The fourth-order valence-corrected chi connectivity index (χ4v) is 4.95. The number of pyridine rings is 2. The van der Waals surface area contributed by atoms with Crippen LogP contribution in [0.2, 0.25) is 5.02 Å². The van der Waals surface area contributed by atoms with E-state index in [1.165, 1.54) is 0 Å². The van der Waals surface area contributed by atoms with Crippen LogP contribution in [0.1, 0.15) is 0 Å². The topological polar surface area (TPSA) is 133 Å². The molecule has 5 aromatic rings. The number of nitrogens with one attached hydrogen (secondary N) is 1. The van der Waals surface area contributed by atoms with E-state index < -0.39 is 6.10 Å². The highest BCUT2D eigenvalue weighted by Gasteiger charge is 2.48. The van der Waals surface area contributed by atoms with Crippen molar-refractivity contribution in [2.75, 3.05) is 13.2 Å². The zero-order valence-electron chi connectivity index (χ0n) is 19.2. The Kier molecular flexibility index (Phi) is 5.36. The maximum Gasteiger partial charge on any atom is 0.296 e. The summed E-state index contributed by atoms with van der Waals surface area (Å²) < 4.78 is 19.0. The molecule has 0 bridgehead atoms. The number of hydrogen-bond donors (Lipinski definition) is 2. The molecule has 6 heterocycles. The van der Waals surface area contributed by atoms with Crippen LogP contribution in [0.3, 0.4) is 0 Å². The fraction of sp³-hybridized carbons (Fsp3) is 0.240. The van der Waals surface area contributed by atoms with Crippen LogP contribution in [-0.2, 0) is 9.47 Å². The maximum atomic E-state index is 9.93. The summed E-state index contributed by atoms with van der Waals surface area (Å²) in [6.07, 6.45) is 3.30. The Morgan fingerprint density at radius 2 is 1.70 bits per heavy atom. The van der Waals surface area contributed by atoms with E-state index in [1.807, 2.05) is 42.6 Å². The molecule has 2 fully saturated rings. The average Bonchev–Trinajstić information content (AvgIpc) is 3.71. The van der Waals surface area contributed by atoms with Gasteiger partial charge in [0.15, 0.2) is 11.8 Å². The molecule has 0 spiro atoms. The Balaban J connectivity index is 1.11. The van der Waals surface area contributed by atoms with Crippen molar-refractivity contribution in [3.63, 3.8) is 0 Å². The molecule has 0 amide bonds. The predicted molar refractivity (Wildman–Crippen MR) is 132 cm³/mol. The third kappa shape index (κ3) is 4.02. The minimum Gasteiger partial charge on any atom is -0.456 e. The van der Waals surface area contributed by atoms with Gasteiger partial charge < -0.3 is 24.3 Å². The molecule has 2 N–H and O–H groups in total. The number of rotatable bonds is 5. The molecule has 2 aliphatic rings. The molecule has 2 saturated heterocycles. The molecule has 12 heteroatoms. The standard InChI is InChI=1S/C25H20ClN7O4/c26-16-7-17-24(32-25(30-17)37-19-10-36-22-18(34)9-35-23(19)22)31-21(16)14-3-1-13(2-4-14)15-5-6-20(27-8-15)33-11-28-29-12-33/h1-8,11-12,18-19,22-23,34H,9-10H2,(H,30,31,32)/t18-,19-,22-,23-/m1/s1. The Morgan fingerprint density at radius 1 is 0.946 bits per heavy atom. The van der Waals surface area contributed by atoms with Crippen molar-refractivity contribution in [3.8, 4) is 34.2 Å². The molecule has 0 unspecified atom stereocenters. The van der Waals surface area contributed by atoms with Gasteiger partial charge in [-0.05, 0) is 23.8 Å². The molecule has 4 aromatic heterocycles. The molecule has 1 aromatic carbocycles. The molecule has 11 nitrogen and oxygen atoms in total. The summed E-state index contributed by atoms with van der Waals surface area (Å²) in [7, 11) is 0. The molecule has 0 radical (unpaired) electrons. The first kappa shape index (κ1) is 22.3. The van der Waals surface area contributed by atoms with Crippen molar-refractivity contribution >= 4 is 22.8 Å². The van der Waals surface area contributed by atoms with Crippen LogP contribution in [0.15, 0.2) is 61.3 Å². The molecule has 0 saturated carbocycles. The van der Waals surface area contributed by atoms with Gasteiger partial charge in [0.25, 0.3) is 6.01 Å². The number of halogens is 1. The molecule has 4 atom stereocenters. The van der Waals surface area contributed by atoms with Crippen molar-refractivity contribution in [1.82, 2.24) is 34.7 Å². The number of aliphatic hydroxyl groups excluding tert-OH is 1. The monoisotopic (exact) mass is 517 g/mol. The van der Waals surface area contributed by atoms with Crippen molar-refractivity contribution in [1.29, 1.82) is 0 Å². The van der Waals surface area contributed by atoms with Gasteiger partial charge in [-0.15, -0.1) is 10.2 Å². The molecular weight excluding hydrogens is 498 g/mol. The van der Waals surface area contributed by atoms with E-state index >= 15 is 0 Å². The summed E-state index contributed by atoms with van der Waals surface area (Å²) in [4.78, 5) is 16.8. The normalized spacial score (nSPS) is 23.0. The lowest BCUT2D eigenvalue weighted by molar-refractivity contribution is 0.00706. The average molecular weight is 518 g/mol. The van der Waals surface area contributed by atoms with E-state index in [2.05, 4.69) is 30.1 Å². The minimum absolute atomic E-state index is 0.236. The molecule has 37 heavy (non-hydrogen) atoms. The first-order chi connectivity index (χ1) is 18.1. The highest BCUT2D eigenvalue weighted by atomic mass is 35.5. The Bertz CT molecular complexity index is 1560. The highest BCUT2D eigenvalue weighted by Crippen LogP contribution is 2.33. The molecule has 186 valence electrons. The lowest BCUT2D eigenvalue weighted by atomic mass is 10.0. The highest BCUT2D eigenvalue weighted by molar-refractivity contribution is 6.33. The molecule has 7 rings (SSSR count). The zero-order chi connectivity index (χ0) is 24.9. The maximum absolute atomic E-state index is 9.93. The first-order valence-corrected chi connectivity index (χ1v) is 12.1. The smallest absolute Gasteiger partial charge is 0.296 e. The van der Waals surface area contributed by atoms with Gasteiger partial charge in [-0.2, -0.15) is 4.98 Å². The second kappa shape index (κ2) is 8.89. The van der Waals surface area contributed by atoms with Crippen LogP contribution in [0.5, 0.6) is 6.01 Å². The van der Waals surface area contributed by atoms with Gasteiger partial charge in [0.2, 0.25) is 0 Å². The van der Waals surface area contributed by atoms with Crippen molar-refractivity contribution < 1.29 is 19.3 Å². The Hall–Kier alpha value is -3.90. The number of H-pyrrole nitrogens is 1. The largest absolute Gasteiger partial charge is 0.456 e. The number of benzene rings is 1. The summed E-state index contributed by atoms with van der Waals surface area (Å²) >= 11 is 6.59. The minimum atomic E-state index is -0.640. The van der Waals surface area contributed by atoms with Gasteiger partial charge in [-0.25, -0.2) is 9.97 Å². The first-order valence-electron chi connectivity index (χ1n) is 11.7. The van der Waals surface area contributed by atoms with Gasteiger partial charge in [0.1, 0.15) is 36.8 Å².